The molecule has 2 rings (SSSR count). The SMILES string of the molecule is NP(N)(=O)Nc1c(Sc2cccc(P(N)(N)=O)c2NP(N)(N)=O)cccc1P(N)(N)=O. The second kappa shape index (κ2) is 9.09. The van der Waals surface area contributed by atoms with Crippen LogP contribution in [0.2, 0.25) is 0 Å². The number of hydrogen-bond donors (Lipinski definition) is 10. The molecule has 0 bridgehead atoms. The van der Waals surface area contributed by atoms with Gasteiger partial charge in [-0.15, -0.1) is 0 Å². The summed E-state index contributed by atoms with van der Waals surface area (Å²) in [4.78, 5) is 0.524. The lowest BCUT2D eigenvalue weighted by atomic mass is 10.3. The van der Waals surface area contributed by atoms with Crippen LogP contribution in [0.1, 0.15) is 0 Å². The Balaban J connectivity index is 2.74. The van der Waals surface area contributed by atoms with Crippen LogP contribution in [0.15, 0.2) is 46.2 Å². The molecule has 0 aliphatic carbocycles. The van der Waals surface area contributed by atoms with Crippen molar-refractivity contribution in [2.24, 2.45) is 44.0 Å². The maximum atomic E-state index is 12.4. The average Bonchev–Trinajstić information content (AvgIpc) is 2.53. The summed E-state index contributed by atoms with van der Waals surface area (Å²) in [5.41, 5.74) is 44.0. The van der Waals surface area contributed by atoms with Gasteiger partial charge in [-0.2, -0.15) is 0 Å². The molecule has 0 aliphatic heterocycles. The van der Waals surface area contributed by atoms with Crippen molar-refractivity contribution in [3.05, 3.63) is 36.4 Å². The van der Waals surface area contributed by atoms with E-state index in [1.54, 1.807) is 0 Å². The molecule has 31 heavy (non-hydrogen) atoms. The topological polar surface area (TPSA) is 300 Å². The van der Waals surface area contributed by atoms with E-state index in [1.165, 1.54) is 36.4 Å². The third-order valence-corrected chi connectivity index (χ3v) is 8.07. The highest BCUT2D eigenvalue weighted by Crippen LogP contribution is 2.46. The maximum Gasteiger partial charge on any atom is 0.298 e. The zero-order chi connectivity index (χ0) is 23.8. The quantitative estimate of drug-likeness (QED) is 0.204. The molecule has 0 spiro atoms. The van der Waals surface area contributed by atoms with Gasteiger partial charge >= 0.3 is 0 Å². The zero-order valence-corrected chi connectivity index (χ0v) is 20.3. The second-order valence-electron chi connectivity index (χ2n) is 6.46. The Morgan fingerprint density at radius 3 is 1.16 bits per heavy atom. The molecule has 0 amide bonds. The molecular formula is C12H24N10O4P4S. The molecular weight excluding hydrogens is 504 g/mol. The van der Waals surface area contributed by atoms with Crippen molar-refractivity contribution in [1.82, 2.24) is 0 Å². The van der Waals surface area contributed by atoms with E-state index in [4.69, 9.17) is 44.0 Å². The molecule has 0 unspecified atom stereocenters. The molecule has 18 N–H and O–H groups in total. The molecule has 0 saturated heterocycles. The highest BCUT2D eigenvalue weighted by Gasteiger charge is 2.27. The Hall–Kier alpha value is -1.01. The molecule has 0 fully saturated rings. The van der Waals surface area contributed by atoms with Crippen molar-refractivity contribution in [1.29, 1.82) is 0 Å². The molecule has 0 heterocycles. The second-order valence-corrected chi connectivity index (χ2v) is 14.6. The van der Waals surface area contributed by atoms with Gasteiger partial charge in [-0.3, -0.25) is 62.3 Å². The van der Waals surface area contributed by atoms with Crippen LogP contribution in [0.4, 0.5) is 11.4 Å². The van der Waals surface area contributed by atoms with Crippen molar-refractivity contribution < 1.29 is 18.3 Å². The standard InChI is InChI=1S/C12H24N10O4P4S/c13-27(14,23)7-3-1-5-9(11(7)21-29(17,18)25)31-10-6-2-4-8(28(15,16)24)12(10)22-30(19,20)26/h1-6H,(H4,13,14,23)(H4,15,16,24)(H5,17,18,21,25)(H5,19,20,22,26). The predicted molar refractivity (Wildman–Crippen MR) is 127 cm³/mol. The third-order valence-electron chi connectivity index (χ3n) is 3.55. The van der Waals surface area contributed by atoms with Gasteiger partial charge in [0.25, 0.3) is 15.2 Å². The van der Waals surface area contributed by atoms with Crippen LogP contribution in [-0.4, -0.2) is 0 Å². The Kier molecular flexibility index (Phi) is 7.69. The van der Waals surface area contributed by atoms with E-state index in [2.05, 4.69) is 10.2 Å². The fourth-order valence-corrected chi connectivity index (χ4v) is 6.89. The molecule has 0 aromatic heterocycles. The third kappa shape index (κ3) is 7.52. The zero-order valence-electron chi connectivity index (χ0n) is 15.9. The van der Waals surface area contributed by atoms with E-state index in [0.29, 0.717) is 0 Å². The Bertz CT molecular complexity index is 1090. The predicted octanol–water partition coefficient (Wildman–Crippen LogP) is 0.184. The van der Waals surface area contributed by atoms with Crippen LogP contribution in [-0.2, 0) is 18.3 Å². The van der Waals surface area contributed by atoms with Crippen molar-refractivity contribution >= 4 is 63.8 Å². The summed E-state index contributed by atoms with van der Waals surface area (Å²) >= 11 is 0.929. The lowest BCUT2D eigenvalue weighted by Crippen LogP contribution is -2.25. The van der Waals surface area contributed by atoms with Crippen molar-refractivity contribution in [3.63, 3.8) is 0 Å². The first-order valence-corrected chi connectivity index (χ1v) is 16.3. The van der Waals surface area contributed by atoms with Crippen LogP contribution in [0.5, 0.6) is 0 Å². The lowest BCUT2D eigenvalue weighted by Gasteiger charge is -2.22. The van der Waals surface area contributed by atoms with Crippen LogP contribution in [0.25, 0.3) is 0 Å². The molecule has 0 atom stereocenters. The van der Waals surface area contributed by atoms with Crippen LogP contribution < -0.4 is 64.8 Å². The molecule has 0 saturated carbocycles. The van der Waals surface area contributed by atoms with Gasteiger partial charge in [-0.1, -0.05) is 23.9 Å². The van der Waals surface area contributed by atoms with E-state index in [9.17, 15) is 18.3 Å². The number of rotatable bonds is 8. The smallest absolute Gasteiger partial charge is 0.298 e. The van der Waals surface area contributed by atoms with Crippen LogP contribution >= 0.6 is 41.8 Å². The molecule has 19 heteroatoms. The summed E-state index contributed by atoms with van der Waals surface area (Å²) in [5.74, 6) is 0. The fourth-order valence-electron chi connectivity index (χ4n) is 2.48. The summed E-state index contributed by atoms with van der Waals surface area (Å²) in [7, 11) is -15.5. The van der Waals surface area contributed by atoms with E-state index in [1.807, 2.05) is 0 Å². The fraction of sp³-hybridized carbons (Fsp3) is 0. The Labute approximate surface area is 182 Å². The summed E-state index contributed by atoms with van der Waals surface area (Å²) in [6, 6.07) is 8.70. The first kappa shape index (κ1) is 26.2. The van der Waals surface area contributed by atoms with Gasteiger partial charge in [0.15, 0.2) is 0 Å². The average molecular weight is 528 g/mol. The van der Waals surface area contributed by atoms with E-state index < -0.39 is 30.1 Å². The minimum atomic E-state index is -3.88. The summed E-state index contributed by atoms with van der Waals surface area (Å²) in [6.07, 6.45) is 0. The first-order chi connectivity index (χ1) is 13.9. The summed E-state index contributed by atoms with van der Waals surface area (Å²) < 4.78 is 48.7. The summed E-state index contributed by atoms with van der Waals surface area (Å²) in [5, 5.41) is 4.62. The number of para-hydroxylation sites is 2. The minimum absolute atomic E-state index is 0.0436. The molecule has 0 aliphatic rings. The van der Waals surface area contributed by atoms with E-state index in [-0.39, 0.29) is 31.8 Å². The Morgan fingerprint density at radius 2 is 0.903 bits per heavy atom. The number of nitrogens with two attached hydrogens (primary N) is 8. The van der Waals surface area contributed by atoms with Gasteiger partial charge in [0.2, 0.25) is 14.9 Å². The normalized spacial score (nSPS) is 13.2. The molecule has 2 aromatic carbocycles. The Morgan fingerprint density at radius 1 is 0.581 bits per heavy atom. The van der Waals surface area contributed by atoms with Gasteiger partial charge in [-0.05, 0) is 24.3 Å². The van der Waals surface area contributed by atoms with Crippen LogP contribution in [0.3, 0.4) is 0 Å². The van der Waals surface area contributed by atoms with Gasteiger partial charge < -0.3 is 10.2 Å². The van der Waals surface area contributed by atoms with E-state index >= 15 is 0 Å². The lowest BCUT2D eigenvalue weighted by molar-refractivity contribution is 0.579. The van der Waals surface area contributed by atoms with Gasteiger partial charge in [0.05, 0.1) is 22.0 Å². The van der Waals surface area contributed by atoms with Crippen molar-refractivity contribution in [2.45, 2.75) is 9.79 Å². The highest BCUT2D eigenvalue weighted by molar-refractivity contribution is 7.99. The number of anilines is 2. The number of nitrogens with one attached hydrogen (secondary N) is 2. The monoisotopic (exact) mass is 528 g/mol. The minimum Gasteiger partial charge on any atom is -0.311 e. The van der Waals surface area contributed by atoms with Crippen molar-refractivity contribution in [3.8, 4) is 0 Å². The molecule has 0 radical (unpaired) electrons. The van der Waals surface area contributed by atoms with Gasteiger partial charge in [-0.25, -0.2) is 0 Å². The largest absolute Gasteiger partial charge is 0.311 e. The summed E-state index contributed by atoms with van der Waals surface area (Å²) in [6.45, 7) is 0. The van der Waals surface area contributed by atoms with E-state index in [0.717, 1.165) is 11.8 Å². The van der Waals surface area contributed by atoms with Crippen LogP contribution in [0, 0.1) is 0 Å². The van der Waals surface area contributed by atoms with Gasteiger partial charge in [0.1, 0.15) is 0 Å². The first-order valence-electron chi connectivity index (χ1n) is 8.09. The van der Waals surface area contributed by atoms with Gasteiger partial charge in [0, 0.05) is 9.79 Å². The molecule has 2 aromatic rings. The number of benzene rings is 2. The molecule has 14 nitrogen and oxygen atoms in total. The maximum absolute atomic E-state index is 12.4. The molecule has 172 valence electrons. The number of hydrogen-bond acceptors (Lipinski definition) is 5. The van der Waals surface area contributed by atoms with Crippen molar-refractivity contribution in [2.75, 3.05) is 10.2 Å². The highest BCUT2D eigenvalue weighted by atomic mass is 32.2.